The highest BCUT2D eigenvalue weighted by molar-refractivity contribution is 6.13. The van der Waals surface area contributed by atoms with Crippen molar-refractivity contribution < 1.29 is 18.0 Å². The van der Waals surface area contributed by atoms with Crippen molar-refractivity contribution in [2.24, 2.45) is 0 Å². The molecule has 0 atom stereocenters. The Morgan fingerprint density at radius 2 is 1.60 bits per heavy atom. The van der Waals surface area contributed by atoms with Gasteiger partial charge in [0.15, 0.2) is 6.29 Å². The highest BCUT2D eigenvalue weighted by Crippen LogP contribution is 2.35. The van der Waals surface area contributed by atoms with Gasteiger partial charge in [-0.3, -0.25) is 4.79 Å². The number of rotatable bonds is 1. The van der Waals surface area contributed by atoms with E-state index in [-0.39, 0.29) is 0 Å². The summed E-state index contributed by atoms with van der Waals surface area (Å²) in [5, 5.41) is 2.44. The van der Waals surface area contributed by atoms with Crippen LogP contribution < -0.4 is 0 Å². The van der Waals surface area contributed by atoms with Crippen LogP contribution in [0, 0.1) is 0 Å². The molecule has 0 unspecified atom stereocenters. The third-order valence-electron chi connectivity index (χ3n) is 3.35. The van der Waals surface area contributed by atoms with E-state index in [2.05, 4.69) is 0 Å². The Labute approximate surface area is 112 Å². The molecule has 0 fully saturated rings. The number of alkyl halides is 3. The van der Waals surface area contributed by atoms with E-state index < -0.39 is 11.7 Å². The molecule has 0 bridgehead atoms. The first-order valence-corrected chi connectivity index (χ1v) is 5.98. The van der Waals surface area contributed by atoms with Crippen LogP contribution in [0.5, 0.6) is 0 Å². The maximum absolute atomic E-state index is 12.8. The monoisotopic (exact) mass is 274 g/mol. The van der Waals surface area contributed by atoms with Crippen LogP contribution in [-0.2, 0) is 6.18 Å². The van der Waals surface area contributed by atoms with Gasteiger partial charge in [-0.1, -0.05) is 30.3 Å². The summed E-state index contributed by atoms with van der Waals surface area (Å²) in [7, 11) is 0. The molecule has 0 N–H and O–H groups in total. The van der Waals surface area contributed by atoms with Gasteiger partial charge in [0, 0.05) is 5.56 Å². The lowest BCUT2D eigenvalue weighted by molar-refractivity contribution is -0.137. The van der Waals surface area contributed by atoms with Gasteiger partial charge in [0.25, 0.3) is 0 Å². The Hall–Kier alpha value is -2.36. The summed E-state index contributed by atoms with van der Waals surface area (Å²) in [6.45, 7) is 0. The predicted molar refractivity (Wildman–Crippen MR) is 71.8 cm³/mol. The standard InChI is InChI=1S/C16H9F3O/c17-16(18,19)12-5-6-14-11(9-20)7-10-3-1-2-4-13(10)15(14)8-12/h1-9H. The molecule has 0 amide bonds. The van der Waals surface area contributed by atoms with Gasteiger partial charge in [0.05, 0.1) is 5.56 Å². The van der Waals surface area contributed by atoms with Gasteiger partial charge >= 0.3 is 6.18 Å². The lowest BCUT2D eigenvalue weighted by Crippen LogP contribution is -2.04. The second kappa shape index (κ2) is 4.34. The van der Waals surface area contributed by atoms with Crippen molar-refractivity contribution in [1.82, 2.24) is 0 Å². The van der Waals surface area contributed by atoms with Crippen LogP contribution in [0.4, 0.5) is 13.2 Å². The molecule has 100 valence electrons. The molecule has 0 saturated heterocycles. The molecule has 3 aromatic carbocycles. The van der Waals surface area contributed by atoms with Crippen molar-refractivity contribution in [3.05, 3.63) is 59.7 Å². The van der Waals surface area contributed by atoms with Gasteiger partial charge in [-0.25, -0.2) is 0 Å². The number of fused-ring (bicyclic) bond motifs is 3. The first-order valence-electron chi connectivity index (χ1n) is 5.98. The topological polar surface area (TPSA) is 17.1 Å². The minimum atomic E-state index is -4.40. The molecule has 0 aliphatic heterocycles. The molecular formula is C16H9F3O. The lowest BCUT2D eigenvalue weighted by Gasteiger charge is -2.11. The van der Waals surface area contributed by atoms with E-state index in [1.807, 2.05) is 0 Å². The molecular weight excluding hydrogens is 265 g/mol. The average Bonchev–Trinajstić information content (AvgIpc) is 2.44. The highest BCUT2D eigenvalue weighted by atomic mass is 19.4. The van der Waals surface area contributed by atoms with E-state index >= 15 is 0 Å². The van der Waals surface area contributed by atoms with Crippen LogP contribution in [0.2, 0.25) is 0 Å². The smallest absolute Gasteiger partial charge is 0.298 e. The lowest BCUT2D eigenvalue weighted by atomic mass is 9.96. The second-order valence-electron chi connectivity index (χ2n) is 4.56. The Kier molecular flexibility index (Phi) is 2.74. The Bertz CT molecular complexity index is 819. The number of aldehydes is 1. The van der Waals surface area contributed by atoms with Crippen LogP contribution in [0.25, 0.3) is 21.5 Å². The zero-order chi connectivity index (χ0) is 14.3. The third-order valence-corrected chi connectivity index (χ3v) is 3.35. The van der Waals surface area contributed by atoms with Crippen molar-refractivity contribution in [2.45, 2.75) is 6.18 Å². The fourth-order valence-electron chi connectivity index (χ4n) is 2.41. The normalized spacial score (nSPS) is 11.9. The average molecular weight is 274 g/mol. The SMILES string of the molecule is O=Cc1cc2ccccc2c2cc(C(F)(F)F)ccc12. The number of hydrogen-bond donors (Lipinski definition) is 0. The van der Waals surface area contributed by atoms with Crippen molar-refractivity contribution in [3.63, 3.8) is 0 Å². The van der Waals surface area contributed by atoms with Gasteiger partial charge in [-0.05, 0) is 39.7 Å². The highest BCUT2D eigenvalue weighted by Gasteiger charge is 2.30. The van der Waals surface area contributed by atoms with Crippen molar-refractivity contribution in [2.75, 3.05) is 0 Å². The molecule has 1 nitrogen and oxygen atoms in total. The summed E-state index contributed by atoms with van der Waals surface area (Å²) in [5.41, 5.74) is -0.314. The second-order valence-corrected chi connectivity index (χ2v) is 4.56. The number of carbonyl (C=O) groups is 1. The summed E-state index contributed by atoms with van der Waals surface area (Å²) >= 11 is 0. The summed E-state index contributed by atoms with van der Waals surface area (Å²) in [4.78, 5) is 11.1. The number of carbonyl (C=O) groups excluding carboxylic acids is 1. The summed E-state index contributed by atoms with van der Waals surface area (Å²) in [6, 6.07) is 12.2. The van der Waals surface area contributed by atoms with Crippen molar-refractivity contribution >= 4 is 27.8 Å². The number of benzene rings is 3. The molecule has 3 rings (SSSR count). The van der Waals surface area contributed by atoms with Crippen LogP contribution in [0.3, 0.4) is 0 Å². The predicted octanol–water partition coefficient (Wildman–Crippen LogP) is 4.82. The van der Waals surface area contributed by atoms with Gasteiger partial charge in [-0.2, -0.15) is 13.2 Å². The molecule has 0 heterocycles. The quantitative estimate of drug-likeness (QED) is 0.459. The van der Waals surface area contributed by atoms with E-state index in [9.17, 15) is 18.0 Å². The first kappa shape index (κ1) is 12.7. The summed E-state index contributed by atoms with van der Waals surface area (Å²) in [6.07, 6.45) is -3.73. The molecule has 0 aromatic heterocycles. The maximum Gasteiger partial charge on any atom is 0.416 e. The fourth-order valence-corrected chi connectivity index (χ4v) is 2.41. The van der Waals surface area contributed by atoms with E-state index in [1.54, 1.807) is 30.3 Å². The molecule has 3 aromatic rings. The van der Waals surface area contributed by atoms with E-state index in [4.69, 9.17) is 0 Å². The Morgan fingerprint density at radius 1 is 0.850 bits per heavy atom. The van der Waals surface area contributed by atoms with Crippen LogP contribution in [0.1, 0.15) is 15.9 Å². The van der Waals surface area contributed by atoms with Gasteiger partial charge in [-0.15, -0.1) is 0 Å². The minimum absolute atomic E-state index is 0.396. The molecule has 0 radical (unpaired) electrons. The van der Waals surface area contributed by atoms with E-state index in [0.29, 0.717) is 28.0 Å². The fraction of sp³-hybridized carbons (Fsp3) is 0.0625. The third kappa shape index (κ3) is 1.93. The summed E-state index contributed by atoms with van der Waals surface area (Å²) < 4.78 is 38.5. The zero-order valence-electron chi connectivity index (χ0n) is 10.2. The molecule has 0 aliphatic carbocycles. The molecule has 0 saturated carbocycles. The van der Waals surface area contributed by atoms with Crippen LogP contribution in [-0.4, -0.2) is 6.29 Å². The van der Waals surface area contributed by atoms with Gasteiger partial charge in [0.2, 0.25) is 0 Å². The maximum atomic E-state index is 12.8. The number of halogens is 3. The molecule has 4 heteroatoms. The van der Waals surface area contributed by atoms with Gasteiger partial charge in [0.1, 0.15) is 0 Å². The first-order chi connectivity index (χ1) is 9.50. The molecule has 0 aliphatic rings. The van der Waals surface area contributed by atoms with E-state index in [0.717, 1.165) is 17.5 Å². The van der Waals surface area contributed by atoms with E-state index in [1.165, 1.54) is 6.07 Å². The largest absolute Gasteiger partial charge is 0.416 e. The summed E-state index contributed by atoms with van der Waals surface area (Å²) in [5.74, 6) is 0. The Balaban J connectivity index is 2.48. The number of hydrogen-bond acceptors (Lipinski definition) is 1. The van der Waals surface area contributed by atoms with Crippen LogP contribution in [0.15, 0.2) is 48.5 Å². The Morgan fingerprint density at radius 3 is 2.30 bits per heavy atom. The van der Waals surface area contributed by atoms with Crippen molar-refractivity contribution in [3.8, 4) is 0 Å². The molecule has 20 heavy (non-hydrogen) atoms. The minimum Gasteiger partial charge on any atom is -0.298 e. The van der Waals surface area contributed by atoms with Gasteiger partial charge < -0.3 is 0 Å². The van der Waals surface area contributed by atoms with Crippen molar-refractivity contribution in [1.29, 1.82) is 0 Å². The molecule has 0 spiro atoms. The zero-order valence-corrected chi connectivity index (χ0v) is 10.2. The van der Waals surface area contributed by atoms with Crippen LogP contribution >= 0.6 is 0 Å².